The van der Waals surface area contributed by atoms with Crippen LogP contribution in [-0.2, 0) is 22.7 Å². The van der Waals surface area contributed by atoms with Crippen molar-refractivity contribution in [1.29, 1.82) is 0 Å². The van der Waals surface area contributed by atoms with Gasteiger partial charge in [-0.2, -0.15) is 5.10 Å². The number of hydrogen-bond acceptors (Lipinski definition) is 5. The van der Waals surface area contributed by atoms with Crippen molar-refractivity contribution in [3.05, 3.63) is 71.7 Å². The third-order valence-electron chi connectivity index (χ3n) is 5.17. The molecular weight excluding hydrogens is 401 g/mol. The lowest BCUT2D eigenvalue weighted by molar-refractivity contribution is -0.134. The highest BCUT2D eigenvalue weighted by atomic mass is 19.1. The van der Waals surface area contributed by atoms with Gasteiger partial charge in [0.05, 0.1) is 30.9 Å². The maximum absolute atomic E-state index is 13.4. The molecule has 31 heavy (non-hydrogen) atoms. The smallest absolute Gasteiger partial charge is 0.237 e. The van der Waals surface area contributed by atoms with Crippen LogP contribution in [0, 0.1) is 12.7 Å². The van der Waals surface area contributed by atoms with Crippen LogP contribution in [0.5, 0.6) is 0 Å². The molecule has 2 aromatic heterocycles. The molecule has 1 aromatic carbocycles. The summed E-state index contributed by atoms with van der Waals surface area (Å²) in [5.74, 6) is 0.833. The predicted octanol–water partition coefficient (Wildman–Crippen LogP) is 1.92. The van der Waals surface area contributed by atoms with E-state index in [0.29, 0.717) is 25.3 Å². The fourth-order valence-corrected chi connectivity index (χ4v) is 3.60. The van der Waals surface area contributed by atoms with Crippen LogP contribution in [-0.4, -0.2) is 45.6 Å². The van der Waals surface area contributed by atoms with Crippen molar-refractivity contribution in [1.82, 2.24) is 25.3 Å². The average Bonchev–Trinajstić information content (AvgIpc) is 3.38. The molecule has 8 nitrogen and oxygen atoms in total. The number of hydrogen-bond donors (Lipinski definition) is 2. The second-order valence-corrected chi connectivity index (χ2v) is 7.54. The molecule has 0 bridgehead atoms. The number of halogens is 1. The van der Waals surface area contributed by atoms with Crippen LogP contribution >= 0.6 is 0 Å². The number of nitrogens with one attached hydrogen (secondary N) is 2. The summed E-state index contributed by atoms with van der Waals surface area (Å²) in [5, 5.41) is 9.87. The monoisotopic (exact) mass is 425 g/mol. The Bertz CT molecular complexity index is 1080. The topological polar surface area (TPSA) is 92.4 Å². The zero-order valence-corrected chi connectivity index (χ0v) is 17.2. The number of nitrogens with zero attached hydrogens (tertiary/aromatic N) is 3. The maximum Gasteiger partial charge on any atom is 0.237 e. The fraction of sp³-hybridized carbons (Fsp3) is 0.318. The van der Waals surface area contributed by atoms with Gasteiger partial charge in [-0.25, -0.2) is 9.07 Å². The van der Waals surface area contributed by atoms with Crippen molar-refractivity contribution < 1.29 is 18.4 Å². The van der Waals surface area contributed by atoms with Crippen LogP contribution in [0.4, 0.5) is 4.39 Å². The number of benzene rings is 1. The van der Waals surface area contributed by atoms with Gasteiger partial charge in [-0.3, -0.25) is 14.5 Å². The second-order valence-electron chi connectivity index (χ2n) is 7.54. The number of piperazine rings is 1. The minimum atomic E-state index is -0.561. The van der Waals surface area contributed by atoms with Gasteiger partial charge < -0.3 is 15.1 Å². The highest BCUT2D eigenvalue weighted by Gasteiger charge is 2.32. The first-order chi connectivity index (χ1) is 15.0. The van der Waals surface area contributed by atoms with E-state index in [1.165, 1.54) is 12.1 Å². The van der Waals surface area contributed by atoms with Gasteiger partial charge in [0.1, 0.15) is 17.3 Å². The van der Waals surface area contributed by atoms with Crippen LogP contribution in [0.25, 0.3) is 5.69 Å². The molecule has 162 valence electrons. The lowest BCUT2D eigenvalue weighted by Crippen LogP contribution is -2.56. The van der Waals surface area contributed by atoms with E-state index in [0.717, 1.165) is 17.1 Å². The zero-order valence-electron chi connectivity index (χ0n) is 17.2. The summed E-state index contributed by atoms with van der Waals surface area (Å²) in [6.07, 6.45) is 3.39. The predicted molar refractivity (Wildman–Crippen MR) is 111 cm³/mol. The van der Waals surface area contributed by atoms with Gasteiger partial charge in [0.25, 0.3) is 0 Å². The first-order valence-corrected chi connectivity index (χ1v) is 10.1. The summed E-state index contributed by atoms with van der Waals surface area (Å²) in [4.78, 5) is 26.9. The molecule has 3 heterocycles. The molecule has 2 N–H and O–H groups in total. The highest BCUT2D eigenvalue weighted by Crippen LogP contribution is 2.16. The first-order valence-electron chi connectivity index (χ1n) is 10.1. The number of aryl methyl sites for hydroxylation is 1. The van der Waals surface area contributed by atoms with E-state index in [1.54, 1.807) is 29.2 Å². The third kappa shape index (κ3) is 5.18. The van der Waals surface area contributed by atoms with Gasteiger partial charge in [-0.1, -0.05) is 6.07 Å². The van der Waals surface area contributed by atoms with Gasteiger partial charge in [-0.05, 0) is 37.3 Å². The van der Waals surface area contributed by atoms with E-state index in [9.17, 15) is 14.0 Å². The van der Waals surface area contributed by atoms with Crippen molar-refractivity contribution >= 4 is 11.8 Å². The van der Waals surface area contributed by atoms with Crippen LogP contribution in [0.3, 0.4) is 0 Å². The molecule has 0 saturated carbocycles. The standard InChI is InChI=1S/C22H24FN5O3/c1-15-5-6-19(31-15)14-27-8-7-24-22(30)20(27)10-21(29)25-11-16-12-26-28(13-16)18-4-2-3-17(23)9-18/h2-6,9,12-13,20H,7-8,10-11,14H2,1H3,(H,24,30)(H,25,29)/t20-/m1/s1. The van der Waals surface area contributed by atoms with Crippen LogP contribution in [0.2, 0.25) is 0 Å². The highest BCUT2D eigenvalue weighted by molar-refractivity contribution is 5.88. The Morgan fingerprint density at radius 2 is 2.23 bits per heavy atom. The Hall–Kier alpha value is -3.46. The summed E-state index contributed by atoms with van der Waals surface area (Å²) >= 11 is 0. The lowest BCUT2D eigenvalue weighted by Gasteiger charge is -2.34. The van der Waals surface area contributed by atoms with E-state index in [1.807, 2.05) is 24.0 Å². The van der Waals surface area contributed by atoms with Crippen molar-refractivity contribution in [2.75, 3.05) is 13.1 Å². The van der Waals surface area contributed by atoms with E-state index in [2.05, 4.69) is 15.7 Å². The minimum Gasteiger partial charge on any atom is -0.465 e. The molecule has 0 unspecified atom stereocenters. The quantitative estimate of drug-likeness (QED) is 0.604. The molecule has 1 saturated heterocycles. The lowest BCUT2D eigenvalue weighted by atomic mass is 10.1. The van der Waals surface area contributed by atoms with Crippen molar-refractivity contribution in [2.24, 2.45) is 0 Å². The van der Waals surface area contributed by atoms with Crippen molar-refractivity contribution in [3.63, 3.8) is 0 Å². The Labute approximate surface area is 179 Å². The molecule has 1 fully saturated rings. The molecule has 1 aliphatic heterocycles. The van der Waals surface area contributed by atoms with E-state index < -0.39 is 6.04 Å². The molecule has 1 aliphatic rings. The molecule has 3 aromatic rings. The van der Waals surface area contributed by atoms with E-state index in [-0.39, 0.29) is 30.6 Å². The molecule has 0 spiro atoms. The van der Waals surface area contributed by atoms with Crippen LogP contribution in [0.15, 0.2) is 53.2 Å². The minimum absolute atomic E-state index is 0.0452. The zero-order chi connectivity index (χ0) is 21.8. The summed E-state index contributed by atoms with van der Waals surface area (Å²) < 4.78 is 20.6. The van der Waals surface area contributed by atoms with Crippen molar-refractivity contribution in [3.8, 4) is 5.69 Å². The molecule has 1 atom stereocenters. The fourth-order valence-electron chi connectivity index (χ4n) is 3.60. The molecule has 2 amide bonds. The van der Waals surface area contributed by atoms with Gasteiger partial charge in [0.2, 0.25) is 11.8 Å². The molecule has 0 aliphatic carbocycles. The Morgan fingerprint density at radius 1 is 1.35 bits per heavy atom. The summed E-state index contributed by atoms with van der Waals surface area (Å²) in [7, 11) is 0. The second kappa shape index (κ2) is 9.13. The molecule has 4 rings (SSSR count). The van der Waals surface area contributed by atoms with Gasteiger partial charge in [-0.15, -0.1) is 0 Å². The van der Waals surface area contributed by atoms with Crippen LogP contribution < -0.4 is 10.6 Å². The van der Waals surface area contributed by atoms with Gasteiger partial charge in [0, 0.05) is 31.4 Å². The SMILES string of the molecule is Cc1ccc(CN2CCNC(=O)[C@H]2CC(=O)NCc2cnn(-c3cccc(F)c3)c2)o1. The number of carbonyl (C=O) groups is 2. The number of aromatic nitrogens is 2. The Kier molecular flexibility index (Phi) is 6.13. The maximum atomic E-state index is 13.4. The Morgan fingerprint density at radius 3 is 3.00 bits per heavy atom. The van der Waals surface area contributed by atoms with Gasteiger partial charge in [0.15, 0.2) is 0 Å². The number of furan rings is 1. The average molecular weight is 425 g/mol. The van der Waals surface area contributed by atoms with E-state index in [4.69, 9.17) is 4.42 Å². The molecule has 9 heteroatoms. The van der Waals surface area contributed by atoms with Gasteiger partial charge >= 0.3 is 0 Å². The number of carbonyl (C=O) groups excluding carboxylic acids is 2. The van der Waals surface area contributed by atoms with E-state index >= 15 is 0 Å². The largest absolute Gasteiger partial charge is 0.465 e. The normalized spacial score (nSPS) is 16.8. The van der Waals surface area contributed by atoms with Crippen molar-refractivity contribution in [2.45, 2.75) is 32.5 Å². The third-order valence-corrected chi connectivity index (χ3v) is 5.17. The summed E-state index contributed by atoms with van der Waals surface area (Å²) in [6, 6.07) is 9.31. The summed E-state index contributed by atoms with van der Waals surface area (Å²) in [5.41, 5.74) is 1.37. The summed E-state index contributed by atoms with van der Waals surface area (Å²) in [6.45, 7) is 3.78. The molecular formula is C22H24FN5O3. The first kappa shape index (κ1) is 20.8. The molecule has 0 radical (unpaired) electrons. The number of amides is 2. The number of rotatable bonds is 7. The Balaban J connectivity index is 1.34. The van der Waals surface area contributed by atoms with Crippen LogP contribution in [0.1, 0.15) is 23.5 Å².